The fourth-order valence-corrected chi connectivity index (χ4v) is 5.88. The Hall–Kier alpha value is -2.96. The lowest BCUT2D eigenvalue weighted by Crippen LogP contribution is -2.36. The second-order valence-electron chi connectivity index (χ2n) is 10.5. The summed E-state index contributed by atoms with van der Waals surface area (Å²) < 4.78 is 29.7. The van der Waals surface area contributed by atoms with Gasteiger partial charge in [-0.2, -0.15) is 0 Å². The van der Waals surface area contributed by atoms with E-state index in [0.29, 0.717) is 18.1 Å². The predicted octanol–water partition coefficient (Wildman–Crippen LogP) is 6.07. The van der Waals surface area contributed by atoms with Crippen molar-refractivity contribution < 1.29 is 28.5 Å². The molecule has 0 aromatic heterocycles. The summed E-state index contributed by atoms with van der Waals surface area (Å²) in [5, 5.41) is 10.6. The van der Waals surface area contributed by atoms with E-state index in [4.69, 9.17) is 14.2 Å². The van der Waals surface area contributed by atoms with E-state index in [2.05, 4.69) is 42.5 Å². The Kier molecular flexibility index (Phi) is 10.1. The van der Waals surface area contributed by atoms with Gasteiger partial charge in [-0.15, -0.1) is 0 Å². The third-order valence-electron chi connectivity index (χ3n) is 7.95. The fourth-order valence-electron chi connectivity index (χ4n) is 5.88. The summed E-state index contributed by atoms with van der Waals surface area (Å²) in [7, 11) is 1.42. The minimum absolute atomic E-state index is 0.0986. The zero-order valence-electron chi connectivity index (χ0n) is 22.1. The number of ether oxygens (including phenoxy) is 3. The Labute approximate surface area is 225 Å². The second-order valence-corrected chi connectivity index (χ2v) is 10.5. The number of carbonyl (C=O) groups is 1. The normalized spacial score (nSPS) is 25.3. The lowest BCUT2D eigenvalue weighted by molar-refractivity contribution is -0.140. The van der Waals surface area contributed by atoms with Gasteiger partial charge in [0, 0.05) is 17.8 Å². The number of methoxy groups -OCH3 is 1. The van der Waals surface area contributed by atoms with Gasteiger partial charge in [-0.25, -0.2) is 4.39 Å². The number of allylic oxidation sites excluding steroid dienone is 2. The van der Waals surface area contributed by atoms with Crippen LogP contribution in [0.1, 0.15) is 44.1 Å². The molecule has 1 saturated carbocycles. The number of aliphatic hydroxyl groups excluding tert-OH is 1. The van der Waals surface area contributed by atoms with Gasteiger partial charge in [0.05, 0.1) is 19.8 Å². The van der Waals surface area contributed by atoms with Crippen LogP contribution in [0.2, 0.25) is 0 Å². The number of rotatable bonds is 14. The molecule has 4 rings (SSSR count). The molecule has 38 heavy (non-hydrogen) atoms. The van der Waals surface area contributed by atoms with Crippen molar-refractivity contribution in [3.63, 3.8) is 0 Å². The average molecular weight is 523 g/mol. The van der Waals surface area contributed by atoms with E-state index < -0.39 is 6.10 Å². The third-order valence-corrected chi connectivity index (χ3v) is 7.95. The molecule has 2 fully saturated rings. The quantitative estimate of drug-likeness (QED) is 0.185. The predicted molar refractivity (Wildman–Crippen MR) is 145 cm³/mol. The molecule has 5 atom stereocenters. The van der Waals surface area contributed by atoms with E-state index in [1.807, 2.05) is 12.1 Å². The molecule has 1 saturated heterocycles. The van der Waals surface area contributed by atoms with Crippen LogP contribution >= 0.6 is 0 Å². The molecule has 1 aliphatic carbocycles. The van der Waals surface area contributed by atoms with Crippen molar-refractivity contribution in [1.29, 1.82) is 0 Å². The molecule has 2 aromatic rings. The Balaban J connectivity index is 1.39. The first-order valence-corrected chi connectivity index (χ1v) is 13.6. The van der Waals surface area contributed by atoms with Crippen LogP contribution in [0, 0.1) is 23.1 Å². The van der Waals surface area contributed by atoms with Crippen LogP contribution in [0.15, 0.2) is 78.9 Å². The van der Waals surface area contributed by atoms with Crippen LogP contribution in [-0.4, -0.2) is 43.6 Å². The number of aliphatic hydroxyl groups is 1. The van der Waals surface area contributed by atoms with Gasteiger partial charge < -0.3 is 19.3 Å². The van der Waals surface area contributed by atoms with Crippen LogP contribution < -0.4 is 4.74 Å². The zero-order chi connectivity index (χ0) is 26.8. The molecule has 0 amide bonds. The average Bonchev–Trinajstić information content (AvgIpc) is 3.49. The number of fused-ring (bicyclic) bond motifs is 2. The summed E-state index contributed by atoms with van der Waals surface area (Å²) in [5.41, 5.74) is 1.44. The number of hydrogen-bond acceptors (Lipinski definition) is 5. The molecular formula is C32H39FO5. The fraction of sp³-hybridized carbons (Fsp3) is 0.469. The van der Waals surface area contributed by atoms with Gasteiger partial charge in [0.15, 0.2) is 0 Å². The van der Waals surface area contributed by atoms with E-state index in [-0.39, 0.29) is 35.8 Å². The molecule has 1 heterocycles. The van der Waals surface area contributed by atoms with E-state index in [1.54, 1.807) is 12.1 Å². The summed E-state index contributed by atoms with van der Waals surface area (Å²) in [4.78, 5) is 11.4. The molecular weight excluding hydrogens is 483 g/mol. The van der Waals surface area contributed by atoms with Crippen molar-refractivity contribution in [1.82, 2.24) is 0 Å². The summed E-state index contributed by atoms with van der Waals surface area (Å²) in [6.07, 6.45) is 13.8. The lowest BCUT2D eigenvalue weighted by atomic mass is 9.70. The molecule has 2 bridgehead atoms. The molecule has 6 heteroatoms. The highest BCUT2D eigenvalue weighted by Gasteiger charge is 2.56. The summed E-state index contributed by atoms with van der Waals surface area (Å²) in [6.45, 7) is 0.871. The highest BCUT2D eigenvalue weighted by molar-refractivity contribution is 5.69. The summed E-state index contributed by atoms with van der Waals surface area (Å²) in [5.74, 6) is 0.648. The Morgan fingerprint density at radius 1 is 1.18 bits per heavy atom. The van der Waals surface area contributed by atoms with Crippen molar-refractivity contribution in [3.8, 4) is 5.75 Å². The van der Waals surface area contributed by atoms with E-state index in [0.717, 1.165) is 45.1 Å². The van der Waals surface area contributed by atoms with Crippen LogP contribution in [0.3, 0.4) is 0 Å². The Bertz CT molecular complexity index is 1070. The van der Waals surface area contributed by atoms with Gasteiger partial charge in [0.25, 0.3) is 0 Å². The number of halogens is 1. The van der Waals surface area contributed by atoms with Crippen molar-refractivity contribution in [2.75, 3.05) is 20.3 Å². The standard InChI is InChI=1S/C32H39FO5/c1-36-31(35)12-8-3-2-7-11-29-28(18-15-26(34)22-37-27-16-13-25(33)14-17-27)30-21-32(29,23-38-30)20-19-24-9-5-4-6-10-24/h2,4-7,9-10,13-18,26,28-30,34H,3,8,11-12,19-23H2,1H3/b7-2-,18-15+/t26-,28+,29+,30+,32+/m0/s1. The SMILES string of the molecule is COC(=O)CCC/C=C\C[C@@H]1[C@@H](/C=C/[C@H](O)COc2ccc(F)cc2)[C@H]2C[C@]1(CCc1ccccc1)CO2. The first-order valence-electron chi connectivity index (χ1n) is 13.6. The van der Waals surface area contributed by atoms with E-state index >= 15 is 0 Å². The Morgan fingerprint density at radius 3 is 2.74 bits per heavy atom. The monoisotopic (exact) mass is 522 g/mol. The zero-order valence-corrected chi connectivity index (χ0v) is 22.1. The van der Waals surface area contributed by atoms with Gasteiger partial charge in [-0.05, 0) is 74.3 Å². The van der Waals surface area contributed by atoms with Gasteiger partial charge in [-0.1, -0.05) is 54.6 Å². The van der Waals surface area contributed by atoms with Gasteiger partial charge >= 0.3 is 5.97 Å². The molecule has 5 nitrogen and oxygen atoms in total. The molecule has 204 valence electrons. The maximum atomic E-state index is 13.1. The number of carbonyl (C=O) groups excluding carboxylic acids is 1. The van der Waals surface area contributed by atoms with Crippen LogP contribution in [0.5, 0.6) is 5.75 Å². The summed E-state index contributed by atoms with van der Waals surface area (Å²) in [6, 6.07) is 16.4. The number of benzene rings is 2. The number of esters is 1. The van der Waals surface area contributed by atoms with Crippen LogP contribution in [0.25, 0.3) is 0 Å². The third kappa shape index (κ3) is 7.55. The number of hydrogen-bond donors (Lipinski definition) is 1. The van der Waals surface area contributed by atoms with Crippen molar-refractivity contribution in [2.45, 2.75) is 57.2 Å². The van der Waals surface area contributed by atoms with Gasteiger partial charge in [0.2, 0.25) is 0 Å². The topological polar surface area (TPSA) is 65.0 Å². The smallest absolute Gasteiger partial charge is 0.305 e. The molecule has 0 unspecified atom stereocenters. The molecule has 1 N–H and O–H groups in total. The minimum atomic E-state index is -0.769. The number of unbranched alkanes of at least 4 members (excludes halogenated alkanes) is 1. The van der Waals surface area contributed by atoms with E-state index in [1.165, 1.54) is 24.8 Å². The highest BCUT2D eigenvalue weighted by atomic mass is 19.1. The van der Waals surface area contributed by atoms with Crippen LogP contribution in [0.4, 0.5) is 4.39 Å². The first-order chi connectivity index (χ1) is 18.5. The van der Waals surface area contributed by atoms with E-state index in [9.17, 15) is 14.3 Å². The molecule has 0 spiro atoms. The molecule has 0 radical (unpaired) electrons. The molecule has 2 aliphatic rings. The Morgan fingerprint density at radius 2 is 1.97 bits per heavy atom. The maximum Gasteiger partial charge on any atom is 0.305 e. The summed E-state index contributed by atoms with van der Waals surface area (Å²) >= 11 is 0. The van der Waals surface area contributed by atoms with Crippen LogP contribution in [-0.2, 0) is 20.7 Å². The van der Waals surface area contributed by atoms with Crippen molar-refractivity contribution >= 4 is 5.97 Å². The van der Waals surface area contributed by atoms with Gasteiger partial charge in [-0.3, -0.25) is 4.79 Å². The van der Waals surface area contributed by atoms with Gasteiger partial charge in [0.1, 0.15) is 24.3 Å². The molecule has 1 aliphatic heterocycles. The van der Waals surface area contributed by atoms with Crippen molar-refractivity contribution in [3.05, 3.63) is 90.3 Å². The maximum absolute atomic E-state index is 13.1. The largest absolute Gasteiger partial charge is 0.491 e. The van der Waals surface area contributed by atoms with Crippen molar-refractivity contribution in [2.24, 2.45) is 17.3 Å². The molecule has 2 aromatic carbocycles. The number of aryl methyl sites for hydroxylation is 1. The minimum Gasteiger partial charge on any atom is -0.491 e. The lowest BCUT2D eigenvalue weighted by Gasteiger charge is -2.38. The first kappa shape index (κ1) is 28.1. The highest BCUT2D eigenvalue weighted by Crippen LogP contribution is 2.58. The second kappa shape index (κ2) is 13.7.